The van der Waals surface area contributed by atoms with Gasteiger partial charge in [0, 0.05) is 24.2 Å². The first-order valence-electron chi connectivity index (χ1n) is 6.27. The zero-order valence-electron chi connectivity index (χ0n) is 11.1. The number of aromatic nitrogens is 1. The Bertz CT molecular complexity index is 618. The topological polar surface area (TPSA) is 77.2 Å². The van der Waals surface area contributed by atoms with Crippen LogP contribution in [0.1, 0.15) is 6.92 Å². The number of hydrogen-bond acceptors (Lipinski definition) is 4. The van der Waals surface area contributed by atoms with E-state index in [9.17, 15) is 4.79 Å². The van der Waals surface area contributed by atoms with E-state index in [0.29, 0.717) is 22.8 Å². The Morgan fingerprint density at radius 1 is 1.50 bits per heavy atom. The van der Waals surface area contributed by atoms with Crippen LogP contribution in [0.3, 0.4) is 0 Å². The smallest absolute Gasteiger partial charge is 0.258 e. The number of pyridine rings is 1. The van der Waals surface area contributed by atoms with Gasteiger partial charge in [0.15, 0.2) is 6.61 Å². The first kappa shape index (κ1) is 14.6. The Hall–Kier alpha value is -1.85. The van der Waals surface area contributed by atoms with Gasteiger partial charge in [-0.15, -0.1) is 0 Å². The molecule has 0 fully saturated rings. The number of nitrogens with zero attached hydrogens (tertiary/aromatic N) is 1. The lowest BCUT2D eigenvalue weighted by molar-refractivity contribution is -0.123. The van der Waals surface area contributed by atoms with E-state index in [0.717, 1.165) is 5.39 Å². The monoisotopic (exact) mass is 293 g/mol. The second-order valence-electron chi connectivity index (χ2n) is 4.44. The standard InChI is InChI=1S/C14H16ClN3O2/c1-9(7-16)18-13(19)8-20-12-5-4-11(15)10-3-2-6-17-14(10)12/h2-6,9H,7-8,16H2,1H3,(H,18,19)/t9-/m0/s1. The third-order valence-electron chi connectivity index (χ3n) is 2.80. The summed E-state index contributed by atoms with van der Waals surface area (Å²) in [6.45, 7) is 2.13. The van der Waals surface area contributed by atoms with Crippen LogP contribution >= 0.6 is 11.6 Å². The molecule has 1 aromatic heterocycles. The van der Waals surface area contributed by atoms with Crippen LogP contribution in [-0.4, -0.2) is 30.1 Å². The van der Waals surface area contributed by atoms with E-state index in [1.807, 2.05) is 13.0 Å². The number of carbonyl (C=O) groups is 1. The Kier molecular flexibility index (Phi) is 4.76. The number of rotatable bonds is 5. The molecular formula is C14H16ClN3O2. The highest BCUT2D eigenvalue weighted by molar-refractivity contribution is 6.35. The largest absolute Gasteiger partial charge is 0.481 e. The molecule has 3 N–H and O–H groups in total. The molecule has 0 unspecified atom stereocenters. The Labute approximate surface area is 122 Å². The first-order valence-corrected chi connectivity index (χ1v) is 6.65. The van der Waals surface area contributed by atoms with Crippen molar-refractivity contribution in [1.29, 1.82) is 0 Å². The number of fused-ring (bicyclic) bond motifs is 1. The summed E-state index contributed by atoms with van der Waals surface area (Å²) in [5, 5.41) is 4.12. The summed E-state index contributed by atoms with van der Waals surface area (Å²) < 4.78 is 5.51. The van der Waals surface area contributed by atoms with Crippen molar-refractivity contribution in [3.05, 3.63) is 35.5 Å². The lowest BCUT2D eigenvalue weighted by atomic mass is 10.2. The normalized spacial score (nSPS) is 12.2. The lowest BCUT2D eigenvalue weighted by Gasteiger charge is -2.13. The Balaban J connectivity index is 2.11. The highest BCUT2D eigenvalue weighted by Crippen LogP contribution is 2.29. The molecule has 20 heavy (non-hydrogen) atoms. The van der Waals surface area contributed by atoms with E-state index in [2.05, 4.69) is 10.3 Å². The van der Waals surface area contributed by atoms with Crippen molar-refractivity contribution in [3.8, 4) is 5.75 Å². The van der Waals surface area contributed by atoms with E-state index >= 15 is 0 Å². The highest BCUT2D eigenvalue weighted by atomic mass is 35.5. The molecule has 0 aliphatic rings. The van der Waals surface area contributed by atoms with E-state index < -0.39 is 0 Å². The summed E-state index contributed by atoms with van der Waals surface area (Å²) in [5.74, 6) is 0.308. The highest BCUT2D eigenvalue weighted by Gasteiger charge is 2.10. The van der Waals surface area contributed by atoms with E-state index in [-0.39, 0.29) is 18.6 Å². The van der Waals surface area contributed by atoms with Gasteiger partial charge in [0.05, 0.1) is 5.02 Å². The van der Waals surface area contributed by atoms with Crippen molar-refractivity contribution < 1.29 is 9.53 Å². The number of nitrogens with two attached hydrogens (primary N) is 1. The fourth-order valence-corrected chi connectivity index (χ4v) is 1.96. The number of nitrogens with one attached hydrogen (secondary N) is 1. The summed E-state index contributed by atoms with van der Waals surface area (Å²) in [4.78, 5) is 15.9. The number of amides is 1. The van der Waals surface area contributed by atoms with Crippen LogP contribution in [-0.2, 0) is 4.79 Å². The van der Waals surface area contributed by atoms with Gasteiger partial charge in [-0.2, -0.15) is 0 Å². The quantitative estimate of drug-likeness (QED) is 0.880. The second kappa shape index (κ2) is 6.54. The maximum Gasteiger partial charge on any atom is 0.258 e. The number of ether oxygens (including phenoxy) is 1. The van der Waals surface area contributed by atoms with Crippen molar-refractivity contribution in [1.82, 2.24) is 10.3 Å². The molecule has 106 valence electrons. The fraction of sp³-hybridized carbons (Fsp3) is 0.286. The van der Waals surface area contributed by atoms with Crippen molar-refractivity contribution >= 4 is 28.4 Å². The molecule has 0 spiro atoms. The minimum atomic E-state index is -0.220. The summed E-state index contributed by atoms with van der Waals surface area (Å²) in [7, 11) is 0. The molecule has 1 amide bonds. The van der Waals surface area contributed by atoms with Crippen molar-refractivity contribution in [2.75, 3.05) is 13.2 Å². The summed E-state index contributed by atoms with van der Waals surface area (Å²) in [6.07, 6.45) is 1.65. The molecule has 1 heterocycles. The Morgan fingerprint density at radius 2 is 2.30 bits per heavy atom. The molecule has 5 nitrogen and oxygen atoms in total. The van der Waals surface area contributed by atoms with E-state index in [4.69, 9.17) is 22.1 Å². The number of carbonyl (C=O) groups excluding carboxylic acids is 1. The zero-order valence-corrected chi connectivity index (χ0v) is 11.9. The molecule has 1 atom stereocenters. The van der Waals surface area contributed by atoms with Crippen molar-refractivity contribution in [2.24, 2.45) is 5.73 Å². The third-order valence-corrected chi connectivity index (χ3v) is 3.13. The van der Waals surface area contributed by atoms with Crippen LogP contribution in [0.2, 0.25) is 5.02 Å². The fourth-order valence-electron chi connectivity index (χ4n) is 1.75. The predicted octanol–water partition coefficient (Wildman–Crippen LogP) is 1.73. The molecule has 0 aliphatic carbocycles. The molecule has 2 aromatic rings. The van der Waals surface area contributed by atoms with Crippen LogP contribution in [0.15, 0.2) is 30.5 Å². The first-order chi connectivity index (χ1) is 9.61. The number of hydrogen-bond donors (Lipinski definition) is 2. The molecular weight excluding hydrogens is 278 g/mol. The minimum Gasteiger partial charge on any atom is -0.481 e. The molecule has 1 aromatic carbocycles. The van der Waals surface area contributed by atoms with Gasteiger partial charge < -0.3 is 15.8 Å². The number of benzene rings is 1. The summed E-state index contributed by atoms with van der Waals surface area (Å²) in [6, 6.07) is 7.01. The van der Waals surface area contributed by atoms with Gasteiger partial charge in [-0.3, -0.25) is 9.78 Å². The minimum absolute atomic E-state index is 0.0776. The summed E-state index contributed by atoms with van der Waals surface area (Å²) in [5.41, 5.74) is 6.08. The van der Waals surface area contributed by atoms with Crippen molar-refractivity contribution in [2.45, 2.75) is 13.0 Å². The molecule has 0 bridgehead atoms. The van der Waals surface area contributed by atoms with E-state index in [1.54, 1.807) is 24.4 Å². The zero-order chi connectivity index (χ0) is 14.5. The van der Waals surface area contributed by atoms with Gasteiger partial charge in [0.25, 0.3) is 5.91 Å². The van der Waals surface area contributed by atoms with Crippen LogP contribution in [0.4, 0.5) is 0 Å². The van der Waals surface area contributed by atoms with Gasteiger partial charge in [0.2, 0.25) is 0 Å². The molecule has 2 rings (SSSR count). The second-order valence-corrected chi connectivity index (χ2v) is 4.85. The predicted molar refractivity (Wildman–Crippen MR) is 78.9 cm³/mol. The molecule has 0 saturated carbocycles. The molecule has 6 heteroatoms. The van der Waals surface area contributed by atoms with Gasteiger partial charge in [0.1, 0.15) is 11.3 Å². The van der Waals surface area contributed by atoms with Crippen LogP contribution in [0.25, 0.3) is 10.9 Å². The van der Waals surface area contributed by atoms with E-state index in [1.165, 1.54) is 0 Å². The third kappa shape index (κ3) is 3.37. The lowest BCUT2D eigenvalue weighted by Crippen LogP contribution is -2.40. The SMILES string of the molecule is C[C@@H](CN)NC(=O)COc1ccc(Cl)c2cccnc12. The van der Waals surface area contributed by atoms with Gasteiger partial charge in [-0.05, 0) is 31.2 Å². The summed E-state index contributed by atoms with van der Waals surface area (Å²) >= 11 is 6.09. The molecule has 0 radical (unpaired) electrons. The van der Waals surface area contributed by atoms with Crippen LogP contribution < -0.4 is 15.8 Å². The average Bonchev–Trinajstić information content (AvgIpc) is 2.46. The maximum atomic E-state index is 11.7. The van der Waals surface area contributed by atoms with Gasteiger partial charge >= 0.3 is 0 Å². The average molecular weight is 294 g/mol. The van der Waals surface area contributed by atoms with Crippen LogP contribution in [0, 0.1) is 0 Å². The Morgan fingerprint density at radius 3 is 3.05 bits per heavy atom. The van der Waals surface area contributed by atoms with Gasteiger partial charge in [-0.25, -0.2) is 0 Å². The molecule has 0 saturated heterocycles. The molecule has 0 aliphatic heterocycles. The van der Waals surface area contributed by atoms with Gasteiger partial charge in [-0.1, -0.05) is 11.6 Å². The van der Waals surface area contributed by atoms with Crippen LogP contribution in [0.5, 0.6) is 5.75 Å². The van der Waals surface area contributed by atoms with Crippen molar-refractivity contribution in [3.63, 3.8) is 0 Å². The number of halogens is 1. The maximum absolute atomic E-state index is 11.7.